The van der Waals surface area contributed by atoms with Gasteiger partial charge in [0.2, 0.25) is 0 Å². The van der Waals surface area contributed by atoms with Gasteiger partial charge in [0.15, 0.2) is 0 Å². The average Bonchev–Trinajstić information content (AvgIpc) is 2.87. The number of ether oxygens (including phenoxy) is 1. The maximum Gasteiger partial charge on any atom is 0.295 e. The molecule has 0 atom stereocenters. The molecule has 25 heavy (non-hydrogen) atoms. The Bertz CT molecular complexity index is 854. The van der Waals surface area contributed by atoms with Crippen LogP contribution in [0.15, 0.2) is 57.9 Å². The van der Waals surface area contributed by atoms with Gasteiger partial charge in [-0.25, -0.2) is 0 Å². The number of carbonyl (C=O) groups is 2. The summed E-state index contributed by atoms with van der Waals surface area (Å²) in [4.78, 5) is 26.2. The molecule has 0 spiro atoms. The van der Waals surface area contributed by atoms with Crippen LogP contribution in [-0.4, -0.2) is 29.8 Å². The van der Waals surface area contributed by atoms with Gasteiger partial charge >= 0.3 is 0 Å². The van der Waals surface area contributed by atoms with Crippen molar-refractivity contribution in [2.45, 2.75) is 0 Å². The Hall–Kier alpha value is -2.25. The number of rotatable bonds is 5. The molecule has 2 aromatic rings. The van der Waals surface area contributed by atoms with Crippen LogP contribution in [0.1, 0.15) is 5.56 Å². The molecule has 0 aliphatic carbocycles. The average molecular weight is 419 g/mol. The van der Waals surface area contributed by atoms with Crippen LogP contribution in [-0.2, 0) is 4.79 Å². The molecular weight excluding hydrogens is 404 g/mol. The molecule has 1 aliphatic rings. The monoisotopic (exact) mass is 418 g/mol. The Morgan fingerprint density at radius 3 is 2.76 bits per heavy atom. The lowest BCUT2D eigenvalue weighted by Gasteiger charge is -2.14. The Kier molecular flexibility index (Phi) is 5.45. The molecule has 1 saturated heterocycles. The number of hydrogen-bond donors (Lipinski definition) is 1. The normalized spacial score (nSPS) is 15.8. The van der Waals surface area contributed by atoms with Gasteiger partial charge in [-0.05, 0) is 53.7 Å². The Morgan fingerprint density at radius 2 is 2.00 bits per heavy atom. The maximum absolute atomic E-state index is 12.5. The smallest absolute Gasteiger partial charge is 0.295 e. The van der Waals surface area contributed by atoms with Crippen molar-refractivity contribution >= 4 is 50.6 Å². The summed E-state index contributed by atoms with van der Waals surface area (Å²) in [7, 11) is 1.58. The molecule has 0 bridgehead atoms. The topological polar surface area (TPSA) is 58.6 Å². The molecule has 5 nitrogen and oxygen atoms in total. The van der Waals surface area contributed by atoms with Crippen LogP contribution in [0.3, 0.4) is 0 Å². The van der Waals surface area contributed by atoms with Crippen LogP contribution in [0.4, 0.5) is 10.5 Å². The van der Waals surface area contributed by atoms with E-state index in [1.54, 1.807) is 13.2 Å². The van der Waals surface area contributed by atoms with Crippen LogP contribution in [0, 0.1) is 0 Å². The van der Waals surface area contributed by atoms with Gasteiger partial charge in [0.1, 0.15) is 5.75 Å². The van der Waals surface area contributed by atoms with Gasteiger partial charge in [0.25, 0.3) is 11.1 Å². The van der Waals surface area contributed by atoms with Gasteiger partial charge < -0.3 is 10.1 Å². The molecule has 0 radical (unpaired) electrons. The number of carbonyl (C=O) groups excluding carboxylic acids is 2. The second-order valence-corrected chi connectivity index (χ2v) is 7.14. The van der Waals surface area contributed by atoms with Crippen molar-refractivity contribution in [3.63, 3.8) is 0 Å². The van der Waals surface area contributed by atoms with E-state index in [-0.39, 0.29) is 17.8 Å². The number of thioether (sulfide) groups is 1. The molecular formula is C18H15BrN2O3S. The zero-order chi connectivity index (χ0) is 17.8. The van der Waals surface area contributed by atoms with E-state index in [0.717, 1.165) is 27.5 Å². The summed E-state index contributed by atoms with van der Waals surface area (Å²) in [5.41, 5.74) is 1.63. The summed E-state index contributed by atoms with van der Waals surface area (Å²) in [5, 5.41) is 2.79. The van der Waals surface area contributed by atoms with Crippen LogP contribution in [0.25, 0.3) is 6.08 Å². The molecule has 1 fully saturated rings. The van der Waals surface area contributed by atoms with Gasteiger partial charge in [-0.2, -0.15) is 0 Å². The van der Waals surface area contributed by atoms with Crippen LogP contribution >= 0.6 is 27.7 Å². The van der Waals surface area contributed by atoms with Crippen molar-refractivity contribution in [1.82, 2.24) is 4.90 Å². The van der Waals surface area contributed by atoms with E-state index in [1.165, 1.54) is 4.90 Å². The van der Waals surface area contributed by atoms with Crippen LogP contribution in [0.5, 0.6) is 5.75 Å². The van der Waals surface area contributed by atoms with Crippen LogP contribution < -0.4 is 10.1 Å². The highest BCUT2D eigenvalue weighted by atomic mass is 79.9. The quantitative estimate of drug-likeness (QED) is 0.720. The van der Waals surface area contributed by atoms with E-state index in [0.29, 0.717) is 10.7 Å². The molecule has 1 heterocycles. The minimum atomic E-state index is -0.305. The molecule has 0 aromatic heterocycles. The zero-order valence-electron chi connectivity index (χ0n) is 13.4. The SMILES string of the molecule is COc1cccc(C=C2SC(=O)N(CNc3cccc(Br)c3)C2=O)c1. The molecule has 128 valence electrons. The molecule has 0 saturated carbocycles. The van der Waals surface area contributed by atoms with Crippen molar-refractivity contribution in [2.75, 3.05) is 19.1 Å². The minimum Gasteiger partial charge on any atom is -0.497 e. The van der Waals surface area contributed by atoms with Crippen molar-refractivity contribution in [3.8, 4) is 5.75 Å². The Balaban J connectivity index is 1.72. The van der Waals surface area contributed by atoms with E-state index in [4.69, 9.17) is 4.74 Å². The lowest BCUT2D eigenvalue weighted by atomic mass is 10.2. The van der Waals surface area contributed by atoms with Crippen molar-refractivity contribution < 1.29 is 14.3 Å². The molecule has 0 unspecified atom stereocenters. The highest BCUT2D eigenvalue weighted by molar-refractivity contribution is 9.10. The molecule has 1 N–H and O–H groups in total. The van der Waals surface area contributed by atoms with Gasteiger partial charge in [-0.3, -0.25) is 14.5 Å². The van der Waals surface area contributed by atoms with Gasteiger partial charge in [-0.15, -0.1) is 0 Å². The number of halogens is 1. The fraction of sp³-hybridized carbons (Fsp3) is 0.111. The van der Waals surface area contributed by atoms with E-state index in [9.17, 15) is 9.59 Å². The predicted molar refractivity (Wildman–Crippen MR) is 103 cm³/mol. The number of amides is 2. The third-order valence-electron chi connectivity index (χ3n) is 3.53. The van der Waals surface area contributed by atoms with E-state index in [1.807, 2.05) is 48.5 Å². The Labute approximate surface area is 158 Å². The van der Waals surface area contributed by atoms with E-state index in [2.05, 4.69) is 21.2 Å². The second kappa shape index (κ2) is 7.76. The highest BCUT2D eigenvalue weighted by Gasteiger charge is 2.34. The van der Waals surface area contributed by atoms with Crippen molar-refractivity contribution in [3.05, 3.63) is 63.5 Å². The third-order valence-corrected chi connectivity index (χ3v) is 4.93. The first-order valence-corrected chi connectivity index (χ1v) is 9.06. The highest BCUT2D eigenvalue weighted by Crippen LogP contribution is 2.32. The summed E-state index contributed by atoms with van der Waals surface area (Å²) in [5.74, 6) is 0.393. The van der Waals surface area contributed by atoms with E-state index < -0.39 is 0 Å². The van der Waals surface area contributed by atoms with E-state index >= 15 is 0 Å². The first-order valence-electron chi connectivity index (χ1n) is 7.45. The fourth-order valence-corrected chi connectivity index (χ4v) is 3.53. The predicted octanol–water partition coefficient (Wildman–Crippen LogP) is 4.56. The van der Waals surface area contributed by atoms with Crippen LogP contribution in [0.2, 0.25) is 0 Å². The van der Waals surface area contributed by atoms with Gasteiger partial charge in [0.05, 0.1) is 18.7 Å². The summed E-state index contributed by atoms with van der Waals surface area (Å²) >= 11 is 4.32. The molecule has 2 aromatic carbocycles. The van der Waals surface area contributed by atoms with Gasteiger partial charge in [0, 0.05) is 10.2 Å². The molecule has 7 heteroatoms. The largest absolute Gasteiger partial charge is 0.497 e. The summed E-state index contributed by atoms with van der Waals surface area (Å²) < 4.78 is 6.09. The summed E-state index contributed by atoms with van der Waals surface area (Å²) in [6.45, 7) is 0.122. The number of benzene rings is 2. The number of imide groups is 1. The molecule has 2 amide bonds. The maximum atomic E-state index is 12.5. The Morgan fingerprint density at radius 1 is 1.20 bits per heavy atom. The summed E-state index contributed by atoms with van der Waals surface area (Å²) in [6.07, 6.45) is 1.70. The second-order valence-electron chi connectivity index (χ2n) is 5.23. The number of methoxy groups -OCH3 is 1. The first-order chi connectivity index (χ1) is 12.1. The fourth-order valence-electron chi connectivity index (χ4n) is 2.29. The number of hydrogen-bond acceptors (Lipinski definition) is 5. The molecule has 3 rings (SSSR count). The zero-order valence-corrected chi connectivity index (χ0v) is 15.8. The number of nitrogens with one attached hydrogen (secondary N) is 1. The van der Waals surface area contributed by atoms with Crippen molar-refractivity contribution in [2.24, 2.45) is 0 Å². The molecule has 1 aliphatic heterocycles. The summed E-state index contributed by atoms with van der Waals surface area (Å²) in [6, 6.07) is 14.9. The minimum absolute atomic E-state index is 0.122. The van der Waals surface area contributed by atoms with Crippen molar-refractivity contribution in [1.29, 1.82) is 0 Å². The standard InChI is InChI=1S/C18H15BrN2O3S/c1-24-15-7-2-4-12(8-15)9-16-17(22)21(18(23)25-16)11-20-14-6-3-5-13(19)10-14/h2-10,20H,11H2,1H3. The lowest BCUT2D eigenvalue weighted by molar-refractivity contribution is -0.122. The number of anilines is 1. The lowest BCUT2D eigenvalue weighted by Crippen LogP contribution is -2.33. The number of nitrogens with zero attached hydrogens (tertiary/aromatic N) is 1. The first kappa shape index (κ1) is 17.6. The van der Waals surface area contributed by atoms with Gasteiger partial charge in [-0.1, -0.05) is 34.1 Å². The third kappa shape index (κ3) is 4.24.